The highest BCUT2D eigenvalue weighted by Crippen LogP contribution is 2.21. The van der Waals surface area contributed by atoms with Crippen LogP contribution in [0.4, 0.5) is 0 Å². The summed E-state index contributed by atoms with van der Waals surface area (Å²) in [4.78, 5) is 0. The van der Waals surface area contributed by atoms with Gasteiger partial charge < -0.3 is 25.4 Å². The second-order valence-electron chi connectivity index (χ2n) is 6.84. The van der Waals surface area contributed by atoms with Crippen molar-refractivity contribution < 1.29 is 25.4 Å². The van der Waals surface area contributed by atoms with Crippen LogP contribution in [0.3, 0.4) is 0 Å². The molecule has 0 radical (unpaired) electrons. The normalized spacial score (nSPS) is 14.6. The molecular weight excluding hydrogens is 342 g/mol. The molecule has 0 heterocycles. The van der Waals surface area contributed by atoms with Crippen molar-refractivity contribution in [3.8, 4) is 11.5 Å². The van der Waals surface area contributed by atoms with E-state index in [9.17, 15) is 15.3 Å². The van der Waals surface area contributed by atoms with Crippen molar-refractivity contribution >= 4 is 10.8 Å². The van der Waals surface area contributed by atoms with E-state index in [-0.39, 0.29) is 18.4 Å². The van der Waals surface area contributed by atoms with Gasteiger partial charge in [0.2, 0.25) is 0 Å². The van der Waals surface area contributed by atoms with E-state index < -0.39 is 12.2 Å². The number of aliphatic hydroxyl groups excluding tert-OH is 2. The number of fused-ring (bicyclic) bond motifs is 1. The van der Waals surface area contributed by atoms with E-state index in [4.69, 9.17) is 4.74 Å². The van der Waals surface area contributed by atoms with E-state index in [0.29, 0.717) is 6.54 Å². The topological polar surface area (TPSA) is 86.5 Å². The molecule has 0 spiro atoms. The van der Waals surface area contributed by atoms with Crippen molar-refractivity contribution in [1.29, 1.82) is 0 Å². The average molecular weight is 368 g/mol. The van der Waals surface area contributed by atoms with Gasteiger partial charge in [0.15, 0.2) is 0 Å². The lowest BCUT2D eigenvalue weighted by molar-refractivity contribution is -0.699. The average Bonchev–Trinajstić information content (AvgIpc) is 2.70. The molecule has 0 amide bonds. The second-order valence-corrected chi connectivity index (χ2v) is 6.84. The van der Waals surface area contributed by atoms with E-state index in [1.54, 1.807) is 24.3 Å². The van der Waals surface area contributed by atoms with Crippen LogP contribution in [0.5, 0.6) is 11.5 Å². The third-order valence-corrected chi connectivity index (χ3v) is 4.68. The van der Waals surface area contributed by atoms with Crippen molar-refractivity contribution in [2.24, 2.45) is 0 Å². The van der Waals surface area contributed by atoms with Gasteiger partial charge in [0.25, 0.3) is 0 Å². The molecule has 0 aromatic heterocycles. The van der Waals surface area contributed by atoms with Gasteiger partial charge >= 0.3 is 0 Å². The first-order valence-corrected chi connectivity index (χ1v) is 9.13. The Kier molecular flexibility index (Phi) is 6.29. The Hall–Kier alpha value is -2.60. The number of ether oxygens (including phenoxy) is 1. The number of aromatic hydroxyl groups is 1. The van der Waals surface area contributed by atoms with Gasteiger partial charge in [-0.3, -0.25) is 0 Å². The molecule has 0 aliphatic rings. The fourth-order valence-electron chi connectivity index (χ4n) is 2.99. The summed E-state index contributed by atoms with van der Waals surface area (Å²) in [6, 6.07) is 20.3. The number of benzene rings is 3. The van der Waals surface area contributed by atoms with Crippen molar-refractivity contribution in [1.82, 2.24) is 0 Å². The molecule has 3 atom stereocenters. The van der Waals surface area contributed by atoms with Crippen LogP contribution in [-0.2, 0) is 0 Å². The van der Waals surface area contributed by atoms with E-state index in [2.05, 4.69) is 0 Å². The van der Waals surface area contributed by atoms with Crippen LogP contribution < -0.4 is 10.1 Å². The molecule has 27 heavy (non-hydrogen) atoms. The monoisotopic (exact) mass is 368 g/mol. The summed E-state index contributed by atoms with van der Waals surface area (Å²) < 4.78 is 5.71. The molecule has 0 unspecified atom stereocenters. The first-order chi connectivity index (χ1) is 13.0. The number of phenolic OH excluding ortho intramolecular Hbond substituents is 1. The molecule has 5 heteroatoms. The lowest BCUT2D eigenvalue weighted by atomic mass is 10.0. The van der Waals surface area contributed by atoms with Crippen LogP contribution in [0.1, 0.15) is 18.6 Å². The number of hydrogen-bond donors (Lipinski definition) is 4. The van der Waals surface area contributed by atoms with Crippen LogP contribution in [0.15, 0.2) is 66.7 Å². The van der Waals surface area contributed by atoms with Gasteiger partial charge in [-0.25, -0.2) is 0 Å². The third kappa shape index (κ3) is 5.20. The SMILES string of the molecule is C[C@@H]([NH2+]C[C@H](O)COc1ccc2ccccc2c1)[C@@H](O)c1ccc(O)cc1. The molecule has 0 fully saturated rings. The zero-order valence-electron chi connectivity index (χ0n) is 15.3. The molecule has 0 saturated heterocycles. The Morgan fingerprint density at radius 2 is 1.63 bits per heavy atom. The predicted molar refractivity (Wildman–Crippen MR) is 105 cm³/mol. The van der Waals surface area contributed by atoms with Gasteiger partial charge in [0.1, 0.15) is 42.9 Å². The summed E-state index contributed by atoms with van der Waals surface area (Å²) in [5, 5.41) is 34.0. The molecule has 0 bridgehead atoms. The number of phenols is 1. The molecule has 3 aromatic rings. The predicted octanol–water partition coefficient (Wildman–Crippen LogP) is 1.97. The van der Waals surface area contributed by atoms with Crippen molar-refractivity contribution in [2.75, 3.05) is 13.2 Å². The van der Waals surface area contributed by atoms with Gasteiger partial charge in [-0.2, -0.15) is 0 Å². The third-order valence-electron chi connectivity index (χ3n) is 4.68. The Morgan fingerprint density at radius 1 is 0.926 bits per heavy atom. The molecule has 3 aromatic carbocycles. The minimum atomic E-state index is -0.681. The van der Waals surface area contributed by atoms with Crippen molar-refractivity contribution in [2.45, 2.75) is 25.2 Å². The number of hydrogen-bond acceptors (Lipinski definition) is 4. The van der Waals surface area contributed by atoms with Crippen LogP contribution in [-0.4, -0.2) is 40.6 Å². The number of rotatable bonds is 8. The first-order valence-electron chi connectivity index (χ1n) is 9.13. The smallest absolute Gasteiger partial charge is 0.137 e. The van der Waals surface area contributed by atoms with Gasteiger partial charge in [0, 0.05) is 0 Å². The molecular formula is C22H26NO4+. The fourth-order valence-corrected chi connectivity index (χ4v) is 2.99. The molecule has 0 aliphatic heterocycles. The first kappa shape index (κ1) is 19.2. The molecule has 0 aliphatic carbocycles. The number of nitrogens with two attached hydrogens (primary N) is 1. The second kappa shape index (κ2) is 8.86. The maximum atomic E-state index is 10.4. The molecule has 5 nitrogen and oxygen atoms in total. The molecule has 3 rings (SSSR count). The highest BCUT2D eigenvalue weighted by atomic mass is 16.5. The highest BCUT2D eigenvalue weighted by Gasteiger charge is 2.20. The Labute approximate surface area is 158 Å². The highest BCUT2D eigenvalue weighted by molar-refractivity contribution is 5.83. The standard InChI is InChI=1S/C22H25NO4/c1-15(22(26)17-6-9-19(24)10-7-17)23-13-20(25)14-27-21-11-8-16-4-2-3-5-18(16)12-21/h2-12,15,20,22-26H,13-14H2,1H3/p+1/t15-,20+,22-/m1/s1. The molecule has 0 saturated carbocycles. The largest absolute Gasteiger partial charge is 0.508 e. The summed E-state index contributed by atoms with van der Waals surface area (Å²) >= 11 is 0. The lowest BCUT2D eigenvalue weighted by Gasteiger charge is -2.19. The van der Waals surface area contributed by atoms with E-state index in [0.717, 1.165) is 22.1 Å². The Balaban J connectivity index is 1.47. The summed E-state index contributed by atoms with van der Waals surface area (Å²) in [5.41, 5.74) is 0.735. The quantitative estimate of drug-likeness (QED) is 0.490. The van der Waals surface area contributed by atoms with E-state index in [1.807, 2.05) is 54.7 Å². The summed E-state index contributed by atoms with van der Waals surface area (Å²) in [6.07, 6.45) is -1.33. The van der Waals surface area contributed by atoms with Gasteiger partial charge in [-0.15, -0.1) is 0 Å². The molecule has 5 N–H and O–H groups in total. The number of aliphatic hydroxyl groups is 2. The fraction of sp³-hybridized carbons (Fsp3) is 0.273. The summed E-state index contributed by atoms with van der Waals surface area (Å²) in [5.74, 6) is 0.897. The molecule has 142 valence electrons. The van der Waals surface area contributed by atoms with E-state index in [1.165, 1.54) is 0 Å². The summed E-state index contributed by atoms with van der Waals surface area (Å²) in [6.45, 7) is 2.51. The van der Waals surface area contributed by atoms with Crippen LogP contribution in [0.2, 0.25) is 0 Å². The van der Waals surface area contributed by atoms with Crippen LogP contribution in [0.25, 0.3) is 10.8 Å². The Morgan fingerprint density at radius 3 is 2.37 bits per heavy atom. The maximum absolute atomic E-state index is 10.4. The Bertz CT molecular complexity index is 866. The zero-order chi connectivity index (χ0) is 19.2. The summed E-state index contributed by atoms with van der Waals surface area (Å²) in [7, 11) is 0. The maximum Gasteiger partial charge on any atom is 0.137 e. The lowest BCUT2D eigenvalue weighted by Crippen LogP contribution is -2.92. The van der Waals surface area contributed by atoms with Crippen molar-refractivity contribution in [3.63, 3.8) is 0 Å². The number of quaternary nitrogens is 1. The van der Waals surface area contributed by atoms with Crippen molar-refractivity contribution in [3.05, 3.63) is 72.3 Å². The zero-order valence-corrected chi connectivity index (χ0v) is 15.3. The van der Waals surface area contributed by atoms with Gasteiger partial charge in [0.05, 0.1) is 0 Å². The van der Waals surface area contributed by atoms with E-state index >= 15 is 0 Å². The van der Waals surface area contributed by atoms with Crippen LogP contribution in [0, 0.1) is 0 Å². The van der Waals surface area contributed by atoms with Crippen LogP contribution >= 0.6 is 0 Å². The minimum absolute atomic E-state index is 0.134. The van der Waals surface area contributed by atoms with Gasteiger partial charge in [-0.05, 0) is 47.5 Å². The van der Waals surface area contributed by atoms with Gasteiger partial charge in [-0.1, -0.05) is 42.5 Å². The minimum Gasteiger partial charge on any atom is -0.508 e.